The Morgan fingerprint density at radius 3 is 2.94 bits per heavy atom. The van der Waals surface area contributed by atoms with E-state index in [1.54, 1.807) is 12.3 Å². The van der Waals surface area contributed by atoms with Crippen molar-refractivity contribution in [1.29, 1.82) is 0 Å². The smallest absolute Gasteiger partial charge is 0.225 e. The number of carbonyl (C=O) groups excluding carboxylic acids is 2. The lowest BCUT2D eigenvalue weighted by molar-refractivity contribution is -0.119. The first-order valence-electron chi connectivity index (χ1n) is 11.2. The van der Waals surface area contributed by atoms with Crippen LogP contribution in [0.25, 0.3) is 0 Å². The monoisotopic (exact) mass is 462 g/mol. The Morgan fingerprint density at radius 1 is 1.18 bits per heavy atom. The summed E-state index contributed by atoms with van der Waals surface area (Å²) in [5.41, 5.74) is 1.91. The van der Waals surface area contributed by atoms with Crippen molar-refractivity contribution in [2.45, 2.75) is 37.7 Å². The quantitative estimate of drug-likeness (QED) is 0.574. The number of anilines is 1. The highest BCUT2D eigenvalue weighted by molar-refractivity contribution is 5.93. The van der Waals surface area contributed by atoms with E-state index in [1.165, 1.54) is 12.1 Å². The van der Waals surface area contributed by atoms with Crippen molar-refractivity contribution < 1.29 is 27.8 Å². The molecule has 1 fully saturated rings. The van der Waals surface area contributed by atoms with Crippen molar-refractivity contribution in [1.82, 2.24) is 4.98 Å². The maximum absolute atomic E-state index is 13.9. The van der Waals surface area contributed by atoms with Gasteiger partial charge in [-0.2, -0.15) is 0 Å². The number of hydrogen-bond donors (Lipinski definition) is 1. The Hall–Kier alpha value is -3.81. The average Bonchev–Trinajstić information content (AvgIpc) is 3.33. The summed E-state index contributed by atoms with van der Waals surface area (Å²) in [6.07, 6.45) is 2.55. The average molecular weight is 462 g/mol. The number of amides is 1. The van der Waals surface area contributed by atoms with E-state index in [-0.39, 0.29) is 48.0 Å². The molecular weight excluding hydrogens is 442 g/mol. The number of hydrogen-bond acceptors (Lipinski definition) is 5. The van der Waals surface area contributed by atoms with Crippen LogP contribution in [0.3, 0.4) is 0 Å². The number of benzene rings is 2. The molecular formula is C26H20F2N2O4. The Bertz CT molecular complexity index is 1340. The number of carbonyl (C=O) groups is 2. The van der Waals surface area contributed by atoms with Gasteiger partial charge in [-0.05, 0) is 42.3 Å². The molecule has 0 unspecified atom stereocenters. The molecule has 2 aromatic carbocycles. The minimum absolute atomic E-state index is 0.00997. The highest BCUT2D eigenvalue weighted by atomic mass is 19.2. The van der Waals surface area contributed by atoms with Gasteiger partial charge in [0.1, 0.15) is 35.0 Å². The van der Waals surface area contributed by atoms with E-state index in [0.717, 1.165) is 22.9 Å². The first-order chi connectivity index (χ1) is 16.5. The number of nitrogens with zero attached hydrogens (tertiary/aromatic N) is 1. The van der Waals surface area contributed by atoms with E-state index < -0.39 is 11.6 Å². The van der Waals surface area contributed by atoms with Crippen molar-refractivity contribution in [3.8, 4) is 17.2 Å². The van der Waals surface area contributed by atoms with Crippen LogP contribution in [0, 0.1) is 17.6 Å². The van der Waals surface area contributed by atoms with E-state index in [0.29, 0.717) is 30.2 Å². The summed E-state index contributed by atoms with van der Waals surface area (Å²) < 4.78 is 39.5. The van der Waals surface area contributed by atoms with Crippen LogP contribution in [0.1, 0.15) is 35.4 Å². The van der Waals surface area contributed by atoms with Crippen LogP contribution in [-0.2, 0) is 22.4 Å². The van der Waals surface area contributed by atoms with Crippen LogP contribution < -0.4 is 14.8 Å². The molecule has 3 atom stereocenters. The van der Waals surface area contributed by atoms with Crippen molar-refractivity contribution >= 4 is 17.5 Å². The lowest BCUT2D eigenvalue weighted by atomic mass is 10.0. The third-order valence-electron chi connectivity index (χ3n) is 6.68. The molecule has 1 saturated carbocycles. The number of rotatable bonds is 6. The molecule has 172 valence electrons. The Morgan fingerprint density at radius 2 is 2.06 bits per heavy atom. The molecule has 0 radical (unpaired) electrons. The fourth-order valence-corrected chi connectivity index (χ4v) is 4.97. The molecule has 8 heteroatoms. The second kappa shape index (κ2) is 7.90. The second-order valence-electron chi connectivity index (χ2n) is 8.89. The lowest BCUT2D eigenvalue weighted by Gasteiger charge is -2.19. The van der Waals surface area contributed by atoms with E-state index in [2.05, 4.69) is 10.3 Å². The van der Waals surface area contributed by atoms with Gasteiger partial charge >= 0.3 is 0 Å². The van der Waals surface area contributed by atoms with Gasteiger partial charge in [0, 0.05) is 48.4 Å². The highest BCUT2D eigenvalue weighted by Crippen LogP contribution is 2.60. The summed E-state index contributed by atoms with van der Waals surface area (Å²) in [4.78, 5) is 28.4. The van der Waals surface area contributed by atoms with Crippen LogP contribution in [0.5, 0.6) is 17.2 Å². The van der Waals surface area contributed by atoms with E-state index in [1.807, 2.05) is 18.2 Å². The van der Waals surface area contributed by atoms with E-state index >= 15 is 0 Å². The van der Waals surface area contributed by atoms with Gasteiger partial charge in [0.15, 0.2) is 11.6 Å². The zero-order valence-electron chi connectivity index (χ0n) is 18.0. The summed E-state index contributed by atoms with van der Waals surface area (Å²) in [5, 5.41) is 2.76. The van der Waals surface area contributed by atoms with Gasteiger partial charge < -0.3 is 14.8 Å². The van der Waals surface area contributed by atoms with E-state index in [9.17, 15) is 18.4 Å². The molecule has 3 aromatic rings. The van der Waals surface area contributed by atoms with Crippen molar-refractivity contribution in [2.75, 3.05) is 5.32 Å². The van der Waals surface area contributed by atoms with Gasteiger partial charge in [-0.3, -0.25) is 9.59 Å². The number of Topliss-reactive ketones (excluding diaryl/α,β-unsaturated/α-hetero) is 1. The van der Waals surface area contributed by atoms with Crippen LogP contribution in [0.15, 0.2) is 48.7 Å². The van der Waals surface area contributed by atoms with Crippen LogP contribution >= 0.6 is 0 Å². The van der Waals surface area contributed by atoms with Crippen LogP contribution in [0.2, 0.25) is 0 Å². The fraction of sp³-hybridized carbons (Fsp3) is 0.269. The minimum atomic E-state index is -0.965. The molecule has 1 aliphatic carbocycles. The first kappa shape index (κ1) is 20.8. The number of halogens is 2. The van der Waals surface area contributed by atoms with E-state index in [4.69, 9.17) is 9.47 Å². The number of ether oxygens (including phenoxy) is 2. The number of nitrogens with one attached hydrogen (secondary N) is 1. The Kier molecular flexibility index (Phi) is 4.83. The molecule has 6 nitrogen and oxygen atoms in total. The third-order valence-corrected chi connectivity index (χ3v) is 6.68. The third kappa shape index (κ3) is 3.59. The topological polar surface area (TPSA) is 77.5 Å². The molecule has 34 heavy (non-hydrogen) atoms. The van der Waals surface area contributed by atoms with Crippen molar-refractivity contribution in [3.05, 3.63) is 77.0 Å². The maximum Gasteiger partial charge on any atom is 0.225 e. The molecule has 0 saturated heterocycles. The number of pyridine rings is 1. The van der Waals surface area contributed by atoms with Crippen LogP contribution in [0.4, 0.5) is 14.6 Å². The lowest BCUT2D eigenvalue weighted by Crippen LogP contribution is -2.20. The minimum Gasteiger partial charge on any atom is -0.489 e. The van der Waals surface area contributed by atoms with Gasteiger partial charge in [0.05, 0.1) is 0 Å². The van der Waals surface area contributed by atoms with Crippen molar-refractivity contribution in [2.24, 2.45) is 5.92 Å². The zero-order valence-corrected chi connectivity index (χ0v) is 18.0. The summed E-state index contributed by atoms with van der Waals surface area (Å²) in [5.74, 6) is 0.525. The first-order valence-corrected chi connectivity index (χ1v) is 11.2. The summed E-state index contributed by atoms with van der Waals surface area (Å²) in [6, 6.07) is 11.2. The molecule has 0 spiro atoms. The molecule has 2 aliphatic heterocycles. The normalized spacial score (nSPS) is 21.6. The van der Waals surface area contributed by atoms with Gasteiger partial charge in [0.2, 0.25) is 5.91 Å². The molecule has 1 N–H and O–H groups in total. The Balaban J connectivity index is 1.15. The SMILES string of the molecule is O=C(Cc1cccc(F)c1F)C[C@@H]1[C@H]2Oc3ccc(Oc4ccnc5c4CCC(=O)N5)cc3[C@@H]12. The predicted molar refractivity (Wildman–Crippen MR) is 118 cm³/mol. The largest absolute Gasteiger partial charge is 0.489 e. The predicted octanol–water partition coefficient (Wildman–Crippen LogP) is 4.71. The maximum atomic E-state index is 13.9. The fourth-order valence-electron chi connectivity index (χ4n) is 4.97. The van der Waals surface area contributed by atoms with Gasteiger partial charge in [-0.25, -0.2) is 13.8 Å². The molecule has 0 bridgehead atoms. The molecule has 1 aromatic heterocycles. The summed E-state index contributed by atoms with van der Waals surface area (Å²) >= 11 is 0. The summed E-state index contributed by atoms with van der Waals surface area (Å²) in [7, 11) is 0. The highest BCUT2D eigenvalue weighted by Gasteiger charge is 2.59. The van der Waals surface area contributed by atoms with Gasteiger partial charge in [-0.1, -0.05) is 12.1 Å². The zero-order chi connectivity index (χ0) is 23.4. The molecule has 6 rings (SSSR count). The standard InChI is InChI=1S/C26H20F2N2O4/c27-19-3-1-2-13(24(19)28)10-14(31)11-18-23-17-12-15(4-6-20(17)34-25(18)23)33-21-8-9-29-26-16(21)5-7-22(32)30-26/h1-4,6,8-9,12,18,23,25H,5,7,10-11H2,(H,29,30,32)/t18-,23-,25+/m0/s1. The van der Waals surface area contributed by atoms with Crippen molar-refractivity contribution in [3.63, 3.8) is 0 Å². The number of fused-ring (bicyclic) bond motifs is 4. The Labute approximate surface area is 193 Å². The van der Waals surface area contributed by atoms with Gasteiger partial charge in [-0.15, -0.1) is 0 Å². The second-order valence-corrected chi connectivity index (χ2v) is 8.89. The van der Waals surface area contributed by atoms with Crippen LogP contribution in [-0.4, -0.2) is 22.8 Å². The molecule has 1 amide bonds. The number of aromatic nitrogens is 1. The summed E-state index contributed by atoms with van der Waals surface area (Å²) in [6.45, 7) is 0. The molecule has 3 aliphatic rings. The number of ketones is 1. The molecule has 3 heterocycles. The van der Waals surface area contributed by atoms with Gasteiger partial charge in [0.25, 0.3) is 0 Å².